The zero-order valence-corrected chi connectivity index (χ0v) is 5.56. The first-order valence-corrected chi connectivity index (χ1v) is 3.15. The molecule has 0 aromatic carbocycles. The second kappa shape index (κ2) is 6.01. The Balaban J connectivity index is 0.000000128. The van der Waals surface area contributed by atoms with Gasteiger partial charge in [0.05, 0.1) is 0 Å². The SMILES string of the molecule is C1COC1.C1COC1.O. The third-order valence-corrected chi connectivity index (χ3v) is 1.15. The van der Waals surface area contributed by atoms with Crippen molar-refractivity contribution in [2.45, 2.75) is 12.8 Å². The van der Waals surface area contributed by atoms with Gasteiger partial charge >= 0.3 is 0 Å². The minimum absolute atomic E-state index is 0. The third kappa shape index (κ3) is 4.39. The molecule has 56 valence electrons. The number of ether oxygens (including phenoxy) is 2. The van der Waals surface area contributed by atoms with Gasteiger partial charge in [0.1, 0.15) is 0 Å². The Morgan fingerprint density at radius 3 is 0.778 bits per heavy atom. The average Bonchev–Trinajstić information content (AvgIpc) is 1.12. The van der Waals surface area contributed by atoms with Crippen LogP contribution in [-0.2, 0) is 9.47 Å². The molecular formula is C6H14O3. The minimum atomic E-state index is 0. The molecule has 0 aliphatic carbocycles. The van der Waals surface area contributed by atoms with E-state index in [0.717, 1.165) is 26.4 Å². The summed E-state index contributed by atoms with van der Waals surface area (Å²) in [6.45, 7) is 4.00. The van der Waals surface area contributed by atoms with Gasteiger partial charge in [0, 0.05) is 26.4 Å². The molecule has 0 aromatic heterocycles. The van der Waals surface area contributed by atoms with E-state index in [1.165, 1.54) is 12.8 Å². The van der Waals surface area contributed by atoms with E-state index < -0.39 is 0 Å². The van der Waals surface area contributed by atoms with Gasteiger partial charge in [-0.15, -0.1) is 0 Å². The first-order chi connectivity index (χ1) is 4.00. The molecule has 0 aromatic rings. The molecule has 0 saturated carbocycles. The molecule has 2 fully saturated rings. The molecule has 2 saturated heterocycles. The topological polar surface area (TPSA) is 50.0 Å². The summed E-state index contributed by atoms with van der Waals surface area (Å²) in [5.41, 5.74) is 0. The van der Waals surface area contributed by atoms with Crippen molar-refractivity contribution in [2.24, 2.45) is 0 Å². The smallest absolute Gasteiger partial charge is 0.0488 e. The summed E-state index contributed by atoms with van der Waals surface area (Å²) in [6.07, 6.45) is 2.56. The molecule has 0 atom stereocenters. The Morgan fingerprint density at radius 1 is 0.667 bits per heavy atom. The lowest BCUT2D eigenvalue weighted by atomic mass is 10.4. The van der Waals surface area contributed by atoms with Crippen LogP contribution in [0, 0.1) is 0 Å². The molecule has 3 nitrogen and oxygen atoms in total. The molecule has 9 heavy (non-hydrogen) atoms. The number of hydrogen-bond acceptors (Lipinski definition) is 2. The predicted octanol–water partition coefficient (Wildman–Crippen LogP) is -0.0113. The Morgan fingerprint density at radius 2 is 0.778 bits per heavy atom. The van der Waals surface area contributed by atoms with E-state index in [1.807, 2.05) is 0 Å². The first-order valence-electron chi connectivity index (χ1n) is 3.15. The molecule has 2 aliphatic heterocycles. The van der Waals surface area contributed by atoms with E-state index in [1.54, 1.807) is 0 Å². The van der Waals surface area contributed by atoms with Crippen molar-refractivity contribution < 1.29 is 14.9 Å². The Bertz CT molecular complexity index is 32.3. The summed E-state index contributed by atoms with van der Waals surface area (Å²) in [5.74, 6) is 0. The number of rotatable bonds is 0. The number of hydrogen-bond donors (Lipinski definition) is 0. The van der Waals surface area contributed by atoms with Crippen molar-refractivity contribution in [3.8, 4) is 0 Å². The van der Waals surface area contributed by atoms with Crippen LogP contribution in [0.25, 0.3) is 0 Å². The van der Waals surface area contributed by atoms with Crippen LogP contribution in [0.4, 0.5) is 0 Å². The fraction of sp³-hybridized carbons (Fsp3) is 1.00. The fourth-order valence-corrected chi connectivity index (χ4v) is 0.289. The molecule has 2 heterocycles. The maximum absolute atomic E-state index is 4.72. The molecule has 2 rings (SSSR count). The largest absolute Gasteiger partial charge is 0.412 e. The van der Waals surface area contributed by atoms with Crippen molar-refractivity contribution in [3.63, 3.8) is 0 Å². The van der Waals surface area contributed by atoms with Crippen molar-refractivity contribution in [3.05, 3.63) is 0 Å². The van der Waals surface area contributed by atoms with Crippen LogP contribution in [-0.4, -0.2) is 31.9 Å². The highest BCUT2D eigenvalue weighted by molar-refractivity contribution is 4.41. The van der Waals surface area contributed by atoms with Crippen LogP contribution in [0.2, 0.25) is 0 Å². The van der Waals surface area contributed by atoms with E-state index in [-0.39, 0.29) is 5.48 Å². The zero-order valence-electron chi connectivity index (χ0n) is 5.56. The normalized spacial score (nSPS) is 21.3. The van der Waals surface area contributed by atoms with E-state index in [0.29, 0.717) is 0 Å². The lowest BCUT2D eigenvalue weighted by Crippen LogP contribution is -2.09. The van der Waals surface area contributed by atoms with Gasteiger partial charge in [-0.2, -0.15) is 0 Å². The van der Waals surface area contributed by atoms with Gasteiger partial charge < -0.3 is 14.9 Å². The van der Waals surface area contributed by atoms with E-state index in [4.69, 9.17) is 9.47 Å². The van der Waals surface area contributed by atoms with Crippen LogP contribution >= 0.6 is 0 Å². The molecule has 0 unspecified atom stereocenters. The van der Waals surface area contributed by atoms with Gasteiger partial charge in [-0.25, -0.2) is 0 Å². The summed E-state index contributed by atoms with van der Waals surface area (Å²) in [6, 6.07) is 0. The van der Waals surface area contributed by atoms with Crippen LogP contribution in [0.5, 0.6) is 0 Å². The highest BCUT2D eigenvalue weighted by Crippen LogP contribution is 1.93. The summed E-state index contributed by atoms with van der Waals surface area (Å²) in [5, 5.41) is 0. The standard InChI is InChI=1S/2C3H6O.H2O/c2*1-2-4-3-1;/h2*1-3H2;1H2. The van der Waals surface area contributed by atoms with Gasteiger partial charge in [-0.3, -0.25) is 0 Å². The van der Waals surface area contributed by atoms with E-state index in [2.05, 4.69) is 0 Å². The van der Waals surface area contributed by atoms with Gasteiger partial charge in [0.25, 0.3) is 0 Å². The molecule has 2 aliphatic rings. The molecule has 3 heteroatoms. The first kappa shape index (κ1) is 8.88. The van der Waals surface area contributed by atoms with Crippen molar-refractivity contribution in [1.82, 2.24) is 0 Å². The zero-order chi connectivity index (χ0) is 5.66. The van der Waals surface area contributed by atoms with E-state index >= 15 is 0 Å². The Hall–Kier alpha value is -0.120. The Labute approximate surface area is 55.3 Å². The quantitative estimate of drug-likeness (QED) is 0.468. The summed E-state index contributed by atoms with van der Waals surface area (Å²) in [4.78, 5) is 0. The molecule has 0 amide bonds. The molecular weight excluding hydrogens is 120 g/mol. The summed E-state index contributed by atoms with van der Waals surface area (Å²) >= 11 is 0. The van der Waals surface area contributed by atoms with E-state index in [9.17, 15) is 0 Å². The van der Waals surface area contributed by atoms with Crippen LogP contribution < -0.4 is 0 Å². The van der Waals surface area contributed by atoms with Gasteiger partial charge in [0.15, 0.2) is 0 Å². The van der Waals surface area contributed by atoms with Gasteiger partial charge in [-0.05, 0) is 12.8 Å². The summed E-state index contributed by atoms with van der Waals surface area (Å²) in [7, 11) is 0. The monoisotopic (exact) mass is 134 g/mol. The average molecular weight is 134 g/mol. The molecule has 0 bridgehead atoms. The second-order valence-electron chi connectivity index (χ2n) is 1.93. The van der Waals surface area contributed by atoms with Crippen molar-refractivity contribution in [1.29, 1.82) is 0 Å². The Kier molecular flexibility index (Phi) is 5.93. The van der Waals surface area contributed by atoms with Crippen LogP contribution in [0.15, 0.2) is 0 Å². The van der Waals surface area contributed by atoms with Gasteiger partial charge in [0.2, 0.25) is 0 Å². The lowest BCUT2D eigenvalue weighted by Gasteiger charge is -2.09. The summed E-state index contributed by atoms with van der Waals surface area (Å²) < 4.78 is 9.44. The fourth-order valence-electron chi connectivity index (χ4n) is 0.289. The van der Waals surface area contributed by atoms with Gasteiger partial charge in [-0.1, -0.05) is 0 Å². The lowest BCUT2D eigenvalue weighted by molar-refractivity contribution is 0.0366. The molecule has 2 N–H and O–H groups in total. The highest BCUT2D eigenvalue weighted by atomic mass is 16.5. The van der Waals surface area contributed by atoms with Crippen molar-refractivity contribution >= 4 is 0 Å². The maximum atomic E-state index is 4.72. The van der Waals surface area contributed by atoms with Crippen molar-refractivity contribution in [2.75, 3.05) is 26.4 Å². The molecule has 0 radical (unpaired) electrons. The maximum Gasteiger partial charge on any atom is 0.0488 e. The molecule has 0 spiro atoms. The third-order valence-electron chi connectivity index (χ3n) is 1.15. The highest BCUT2D eigenvalue weighted by Gasteiger charge is 1.94. The van der Waals surface area contributed by atoms with Crippen LogP contribution in [0.1, 0.15) is 12.8 Å². The minimum Gasteiger partial charge on any atom is -0.412 e. The van der Waals surface area contributed by atoms with Crippen LogP contribution in [0.3, 0.4) is 0 Å². The second-order valence-corrected chi connectivity index (χ2v) is 1.93. The predicted molar refractivity (Wildman–Crippen MR) is 34.5 cm³/mol.